The molecule has 1 aromatic rings. The Labute approximate surface area is 111 Å². The van der Waals surface area contributed by atoms with Crippen LogP contribution in [-0.4, -0.2) is 35.5 Å². The third kappa shape index (κ3) is 2.59. The van der Waals surface area contributed by atoms with E-state index < -0.39 is 9.84 Å². The standard InChI is InChI=1S/C11H15ClN2O3S/c1-7-9(11(12)14(2)13-7)5-10(15)8-3-4-18(16,17)6-8/h8H,3-6H2,1-2H3. The van der Waals surface area contributed by atoms with E-state index in [-0.39, 0.29) is 29.6 Å². The van der Waals surface area contributed by atoms with Gasteiger partial charge in [-0.25, -0.2) is 8.42 Å². The molecule has 0 radical (unpaired) electrons. The second-order valence-electron chi connectivity index (χ2n) is 4.72. The highest BCUT2D eigenvalue weighted by molar-refractivity contribution is 7.91. The zero-order valence-electron chi connectivity index (χ0n) is 10.3. The largest absolute Gasteiger partial charge is 0.299 e. The molecule has 1 saturated heterocycles. The summed E-state index contributed by atoms with van der Waals surface area (Å²) in [7, 11) is -1.31. The lowest BCUT2D eigenvalue weighted by atomic mass is 9.98. The van der Waals surface area contributed by atoms with Gasteiger partial charge in [-0.2, -0.15) is 5.10 Å². The maximum atomic E-state index is 12.1. The normalized spacial score (nSPS) is 22.3. The Balaban J connectivity index is 2.13. The van der Waals surface area contributed by atoms with Gasteiger partial charge in [0.15, 0.2) is 9.84 Å². The number of hydrogen-bond donors (Lipinski definition) is 0. The van der Waals surface area contributed by atoms with Gasteiger partial charge in [0.1, 0.15) is 10.9 Å². The first kappa shape index (κ1) is 13.5. The van der Waals surface area contributed by atoms with E-state index in [1.807, 2.05) is 0 Å². The fraction of sp³-hybridized carbons (Fsp3) is 0.636. The molecule has 1 aliphatic rings. The number of aryl methyl sites for hydroxylation is 2. The zero-order chi connectivity index (χ0) is 13.5. The van der Waals surface area contributed by atoms with Gasteiger partial charge in [0.2, 0.25) is 0 Å². The lowest BCUT2D eigenvalue weighted by molar-refractivity contribution is -0.121. The summed E-state index contributed by atoms with van der Waals surface area (Å²) in [6, 6.07) is 0. The van der Waals surface area contributed by atoms with Gasteiger partial charge >= 0.3 is 0 Å². The Morgan fingerprint density at radius 3 is 2.67 bits per heavy atom. The van der Waals surface area contributed by atoms with Gasteiger partial charge in [0.05, 0.1) is 17.2 Å². The lowest BCUT2D eigenvalue weighted by Gasteiger charge is -2.06. The molecular weight excluding hydrogens is 276 g/mol. The van der Waals surface area contributed by atoms with Gasteiger partial charge < -0.3 is 0 Å². The van der Waals surface area contributed by atoms with E-state index in [4.69, 9.17) is 11.6 Å². The average Bonchev–Trinajstić information content (AvgIpc) is 2.74. The smallest absolute Gasteiger partial charge is 0.151 e. The van der Waals surface area contributed by atoms with E-state index in [9.17, 15) is 13.2 Å². The van der Waals surface area contributed by atoms with Crippen LogP contribution in [0.5, 0.6) is 0 Å². The molecule has 0 aliphatic carbocycles. The molecule has 18 heavy (non-hydrogen) atoms. The van der Waals surface area contributed by atoms with E-state index in [0.29, 0.717) is 17.1 Å². The first-order valence-electron chi connectivity index (χ1n) is 5.71. The van der Waals surface area contributed by atoms with Crippen molar-refractivity contribution in [1.82, 2.24) is 9.78 Å². The quantitative estimate of drug-likeness (QED) is 0.830. The van der Waals surface area contributed by atoms with E-state index in [1.54, 1.807) is 14.0 Å². The van der Waals surface area contributed by atoms with Crippen LogP contribution in [0.25, 0.3) is 0 Å². The molecule has 0 spiro atoms. The highest BCUT2D eigenvalue weighted by Gasteiger charge is 2.33. The van der Waals surface area contributed by atoms with E-state index in [0.717, 1.165) is 5.69 Å². The molecule has 1 unspecified atom stereocenters. The van der Waals surface area contributed by atoms with Gasteiger partial charge in [-0.1, -0.05) is 11.6 Å². The average molecular weight is 291 g/mol. The number of nitrogens with zero attached hydrogens (tertiary/aromatic N) is 2. The Hall–Kier alpha value is -0.880. The molecule has 1 aliphatic heterocycles. The van der Waals surface area contributed by atoms with Crippen molar-refractivity contribution in [3.05, 3.63) is 16.4 Å². The third-order valence-corrected chi connectivity index (χ3v) is 5.55. The molecule has 0 amide bonds. The highest BCUT2D eigenvalue weighted by Crippen LogP contribution is 2.24. The molecule has 0 aromatic carbocycles. The first-order chi connectivity index (χ1) is 8.30. The monoisotopic (exact) mass is 290 g/mol. The minimum absolute atomic E-state index is 0.0250. The van der Waals surface area contributed by atoms with Gasteiger partial charge in [-0.05, 0) is 13.3 Å². The van der Waals surface area contributed by atoms with Gasteiger partial charge in [-0.3, -0.25) is 9.48 Å². The Bertz CT molecular complexity index is 592. The topological polar surface area (TPSA) is 69.0 Å². The van der Waals surface area contributed by atoms with Gasteiger partial charge in [0, 0.05) is 24.9 Å². The maximum Gasteiger partial charge on any atom is 0.151 e. The first-order valence-corrected chi connectivity index (χ1v) is 7.91. The summed E-state index contributed by atoms with van der Waals surface area (Å²) in [6.45, 7) is 1.79. The number of rotatable bonds is 3. The van der Waals surface area contributed by atoms with Crippen LogP contribution in [0, 0.1) is 12.8 Å². The number of ketones is 1. The summed E-state index contributed by atoms with van der Waals surface area (Å²) in [5, 5.41) is 4.58. The van der Waals surface area contributed by atoms with Crippen molar-refractivity contribution in [3.8, 4) is 0 Å². The number of Topliss-reactive ketones (excluding diaryl/α,β-unsaturated/α-hetero) is 1. The molecule has 0 saturated carbocycles. The van der Waals surface area contributed by atoms with Gasteiger partial charge in [-0.15, -0.1) is 0 Å². The maximum absolute atomic E-state index is 12.1. The number of halogens is 1. The van der Waals surface area contributed by atoms with Crippen molar-refractivity contribution in [2.75, 3.05) is 11.5 Å². The zero-order valence-corrected chi connectivity index (χ0v) is 11.9. The van der Waals surface area contributed by atoms with Gasteiger partial charge in [0.25, 0.3) is 0 Å². The second-order valence-corrected chi connectivity index (χ2v) is 7.31. The number of carbonyl (C=O) groups is 1. The second kappa shape index (κ2) is 4.66. The van der Waals surface area contributed by atoms with Crippen molar-refractivity contribution >= 4 is 27.2 Å². The van der Waals surface area contributed by atoms with E-state index in [2.05, 4.69) is 5.10 Å². The molecule has 2 heterocycles. The van der Waals surface area contributed by atoms with Crippen LogP contribution >= 0.6 is 11.6 Å². The molecule has 100 valence electrons. The Morgan fingerprint density at radius 1 is 1.56 bits per heavy atom. The molecule has 7 heteroatoms. The van der Waals surface area contributed by atoms with Crippen LogP contribution in [0.2, 0.25) is 5.15 Å². The van der Waals surface area contributed by atoms with E-state index >= 15 is 0 Å². The van der Waals surface area contributed by atoms with Crippen molar-refractivity contribution in [2.24, 2.45) is 13.0 Å². The number of hydrogen-bond acceptors (Lipinski definition) is 4. The Kier molecular flexibility index (Phi) is 3.51. The minimum Gasteiger partial charge on any atom is -0.299 e. The minimum atomic E-state index is -3.02. The summed E-state index contributed by atoms with van der Waals surface area (Å²) in [6.07, 6.45) is 0.594. The lowest BCUT2D eigenvalue weighted by Crippen LogP contribution is -2.18. The predicted octanol–water partition coefficient (Wildman–Crippen LogP) is 0.928. The number of sulfone groups is 1. The van der Waals surface area contributed by atoms with E-state index in [1.165, 1.54) is 4.68 Å². The number of aromatic nitrogens is 2. The highest BCUT2D eigenvalue weighted by atomic mass is 35.5. The molecular formula is C11H15ClN2O3S. The molecule has 5 nitrogen and oxygen atoms in total. The molecule has 2 rings (SSSR count). The summed E-state index contributed by atoms with van der Waals surface area (Å²) < 4.78 is 24.2. The fourth-order valence-electron chi connectivity index (χ4n) is 2.24. The van der Waals surface area contributed by atoms with Crippen molar-refractivity contribution in [1.29, 1.82) is 0 Å². The van der Waals surface area contributed by atoms with Crippen molar-refractivity contribution in [3.63, 3.8) is 0 Å². The molecule has 0 bridgehead atoms. The van der Waals surface area contributed by atoms with Crippen LogP contribution in [0.4, 0.5) is 0 Å². The SMILES string of the molecule is Cc1nn(C)c(Cl)c1CC(=O)C1CCS(=O)(=O)C1. The third-order valence-electron chi connectivity index (χ3n) is 3.31. The van der Waals surface area contributed by atoms with Crippen LogP contribution in [0.3, 0.4) is 0 Å². The molecule has 1 fully saturated rings. The molecule has 0 N–H and O–H groups in total. The van der Waals surface area contributed by atoms with Crippen LogP contribution in [0.15, 0.2) is 0 Å². The predicted molar refractivity (Wildman–Crippen MR) is 68.4 cm³/mol. The van der Waals surface area contributed by atoms with Crippen molar-refractivity contribution in [2.45, 2.75) is 19.8 Å². The van der Waals surface area contributed by atoms with Crippen molar-refractivity contribution < 1.29 is 13.2 Å². The van der Waals surface area contributed by atoms with Crippen LogP contribution < -0.4 is 0 Å². The summed E-state index contributed by atoms with van der Waals surface area (Å²) in [4.78, 5) is 12.1. The Morgan fingerprint density at radius 2 is 2.22 bits per heavy atom. The summed E-state index contributed by atoms with van der Waals surface area (Å²) >= 11 is 6.05. The molecule has 1 aromatic heterocycles. The number of carbonyl (C=O) groups excluding carboxylic acids is 1. The summed E-state index contributed by atoms with van der Waals surface area (Å²) in [5.41, 5.74) is 1.42. The summed E-state index contributed by atoms with van der Waals surface area (Å²) in [5.74, 6) is -0.355. The van der Waals surface area contributed by atoms with Crippen LogP contribution in [-0.2, 0) is 28.1 Å². The van der Waals surface area contributed by atoms with Crippen LogP contribution in [0.1, 0.15) is 17.7 Å². The molecule has 1 atom stereocenters. The fourth-order valence-corrected chi connectivity index (χ4v) is 4.26.